The van der Waals surface area contributed by atoms with Gasteiger partial charge in [0.2, 0.25) is 0 Å². The van der Waals surface area contributed by atoms with Gasteiger partial charge in [-0.2, -0.15) is 0 Å². The number of unbranched alkanes of at least 4 members (excludes halogenated alkanes) is 1. The monoisotopic (exact) mass is 231 g/mol. The van der Waals surface area contributed by atoms with Gasteiger partial charge in [-0.3, -0.25) is 4.98 Å². The number of pyridine rings is 1. The van der Waals surface area contributed by atoms with E-state index in [0.29, 0.717) is 0 Å². The van der Waals surface area contributed by atoms with Gasteiger partial charge in [-0.25, -0.2) is 4.39 Å². The van der Waals surface area contributed by atoms with E-state index in [1.807, 2.05) is 0 Å². The Morgan fingerprint density at radius 1 is 1.18 bits per heavy atom. The maximum absolute atomic E-state index is 13.2. The van der Waals surface area contributed by atoms with E-state index in [1.54, 1.807) is 6.07 Å². The molecule has 1 aromatic carbocycles. The summed E-state index contributed by atoms with van der Waals surface area (Å²) in [6.07, 6.45) is 4.28. The predicted molar refractivity (Wildman–Crippen MR) is 69.7 cm³/mol. The fourth-order valence-electron chi connectivity index (χ4n) is 2.09. The number of rotatable bonds is 4. The van der Waals surface area contributed by atoms with Crippen LogP contribution in [0.4, 0.5) is 4.39 Å². The Labute approximate surface area is 102 Å². The van der Waals surface area contributed by atoms with Crippen molar-refractivity contribution in [1.29, 1.82) is 0 Å². The Hall–Kier alpha value is -1.44. The third kappa shape index (κ3) is 2.63. The zero-order valence-electron chi connectivity index (χ0n) is 10.5. The Morgan fingerprint density at radius 2 is 2.00 bits per heavy atom. The third-order valence-corrected chi connectivity index (χ3v) is 3.10. The second kappa shape index (κ2) is 5.26. The molecule has 90 valence electrons. The van der Waals surface area contributed by atoms with Crippen molar-refractivity contribution < 1.29 is 4.39 Å². The van der Waals surface area contributed by atoms with Gasteiger partial charge >= 0.3 is 0 Å². The summed E-state index contributed by atoms with van der Waals surface area (Å²) in [6, 6.07) is 6.96. The molecule has 2 heteroatoms. The lowest BCUT2D eigenvalue weighted by Gasteiger charge is -2.08. The minimum atomic E-state index is -0.212. The Kier molecular flexibility index (Phi) is 3.72. The van der Waals surface area contributed by atoms with Crippen LogP contribution >= 0.6 is 0 Å². The van der Waals surface area contributed by atoms with Crippen LogP contribution < -0.4 is 0 Å². The molecular weight excluding hydrogens is 213 g/mol. The maximum Gasteiger partial charge on any atom is 0.125 e. The zero-order valence-corrected chi connectivity index (χ0v) is 10.5. The summed E-state index contributed by atoms with van der Waals surface area (Å²) < 4.78 is 13.2. The topological polar surface area (TPSA) is 12.9 Å². The Balaban J connectivity index is 2.49. The van der Waals surface area contributed by atoms with Gasteiger partial charge in [-0.1, -0.05) is 20.3 Å². The normalized spacial score (nSPS) is 11.0. The minimum absolute atomic E-state index is 0.212. The van der Waals surface area contributed by atoms with Crippen molar-refractivity contribution in [2.45, 2.75) is 39.5 Å². The van der Waals surface area contributed by atoms with Crippen LogP contribution in [0.25, 0.3) is 10.9 Å². The molecule has 1 nitrogen and oxygen atoms in total. The molecule has 0 bridgehead atoms. The number of hydrogen-bond donors (Lipinski definition) is 0. The van der Waals surface area contributed by atoms with E-state index in [1.165, 1.54) is 17.7 Å². The van der Waals surface area contributed by atoms with E-state index in [0.717, 1.165) is 42.3 Å². The minimum Gasteiger partial charge on any atom is -0.252 e. The molecule has 1 heterocycles. The molecule has 0 N–H and O–H groups in total. The fraction of sp³-hybridized carbons (Fsp3) is 0.400. The predicted octanol–water partition coefficient (Wildman–Crippen LogP) is 4.28. The molecule has 0 aliphatic carbocycles. The van der Waals surface area contributed by atoms with Gasteiger partial charge in [0, 0.05) is 17.1 Å². The van der Waals surface area contributed by atoms with E-state index in [4.69, 9.17) is 0 Å². The van der Waals surface area contributed by atoms with Crippen molar-refractivity contribution >= 4 is 10.9 Å². The Morgan fingerprint density at radius 3 is 2.71 bits per heavy atom. The largest absolute Gasteiger partial charge is 0.252 e. The zero-order chi connectivity index (χ0) is 12.3. The van der Waals surface area contributed by atoms with Crippen LogP contribution in [-0.4, -0.2) is 4.98 Å². The summed E-state index contributed by atoms with van der Waals surface area (Å²) in [5.41, 5.74) is 3.19. The van der Waals surface area contributed by atoms with Crippen molar-refractivity contribution in [2.75, 3.05) is 0 Å². The quantitative estimate of drug-likeness (QED) is 0.765. The highest BCUT2D eigenvalue weighted by Crippen LogP contribution is 2.19. The Bertz CT molecular complexity index is 520. The lowest BCUT2D eigenvalue weighted by Crippen LogP contribution is -1.98. The summed E-state index contributed by atoms with van der Waals surface area (Å²) in [4.78, 5) is 4.60. The van der Waals surface area contributed by atoms with Crippen LogP contribution in [0, 0.1) is 5.82 Å². The number of benzene rings is 1. The van der Waals surface area contributed by atoms with Crippen LogP contribution in [0.1, 0.15) is 37.9 Å². The number of hydrogen-bond acceptors (Lipinski definition) is 1. The second-order valence-corrected chi connectivity index (χ2v) is 4.39. The molecule has 0 spiro atoms. The highest BCUT2D eigenvalue weighted by atomic mass is 19.1. The molecule has 0 aliphatic rings. The fourth-order valence-corrected chi connectivity index (χ4v) is 2.09. The second-order valence-electron chi connectivity index (χ2n) is 4.39. The highest BCUT2D eigenvalue weighted by molar-refractivity contribution is 5.79. The molecule has 17 heavy (non-hydrogen) atoms. The van der Waals surface area contributed by atoms with Crippen LogP contribution in [0.3, 0.4) is 0 Å². The summed E-state index contributed by atoms with van der Waals surface area (Å²) in [5.74, 6) is -0.212. The van der Waals surface area contributed by atoms with Crippen LogP contribution in [-0.2, 0) is 12.8 Å². The molecular formula is C15H18FN. The number of aromatic nitrogens is 1. The van der Waals surface area contributed by atoms with Gasteiger partial charge in [0.25, 0.3) is 0 Å². The molecule has 2 rings (SSSR count). The van der Waals surface area contributed by atoms with E-state index < -0.39 is 0 Å². The highest BCUT2D eigenvalue weighted by Gasteiger charge is 2.06. The molecule has 0 aliphatic heterocycles. The first-order valence-corrected chi connectivity index (χ1v) is 6.32. The average Bonchev–Trinajstić information content (AvgIpc) is 2.35. The van der Waals surface area contributed by atoms with E-state index in [-0.39, 0.29) is 5.82 Å². The van der Waals surface area contributed by atoms with Crippen molar-refractivity contribution in [3.8, 4) is 0 Å². The molecule has 0 unspecified atom stereocenters. The summed E-state index contributed by atoms with van der Waals surface area (Å²) in [5, 5.41) is 1.03. The molecule has 1 aromatic heterocycles. The molecule has 0 amide bonds. The van der Waals surface area contributed by atoms with Gasteiger partial charge in [0.15, 0.2) is 0 Å². The molecule has 0 atom stereocenters. The summed E-state index contributed by atoms with van der Waals surface area (Å²) in [6.45, 7) is 4.31. The van der Waals surface area contributed by atoms with Crippen molar-refractivity contribution in [2.24, 2.45) is 0 Å². The molecule has 0 fully saturated rings. The lowest BCUT2D eigenvalue weighted by molar-refractivity contribution is 0.629. The van der Waals surface area contributed by atoms with Gasteiger partial charge in [-0.05, 0) is 43.0 Å². The number of fused-ring (bicyclic) bond motifs is 1. The smallest absolute Gasteiger partial charge is 0.125 e. The van der Waals surface area contributed by atoms with Crippen LogP contribution in [0.2, 0.25) is 0 Å². The van der Waals surface area contributed by atoms with E-state index >= 15 is 0 Å². The van der Waals surface area contributed by atoms with Crippen LogP contribution in [0.15, 0.2) is 24.3 Å². The van der Waals surface area contributed by atoms with Crippen molar-refractivity contribution in [1.82, 2.24) is 4.98 Å². The first-order valence-electron chi connectivity index (χ1n) is 6.32. The number of halogens is 1. The molecule has 0 saturated carbocycles. The van der Waals surface area contributed by atoms with Crippen molar-refractivity contribution in [3.05, 3.63) is 41.3 Å². The maximum atomic E-state index is 13.2. The SMILES string of the molecule is CCCCc1nc2cc(F)ccc2cc1CC. The average molecular weight is 231 g/mol. The van der Waals surface area contributed by atoms with Gasteiger partial charge in [0.1, 0.15) is 5.82 Å². The lowest BCUT2D eigenvalue weighted by atomic mass is 10.0. The third-order valence-electron chi connectivity index (χ3n) is 3.10. The van der Waals surface area contributed by atoms with Gasteiger partial charge < -0.3 is 0 Å². The summed E-state index contributed by atoms with van der Waals surface area (Å²) >= 11 is 0. The van der Waals surface area contributed by atoms with E-state index in [2.05, 4.69) is 24.9 Å². The molecule has 0 saturated heterocycles. The first kappa shape index (κ1) is 12.0. The number of nitrogens with zero attached hydrogens (tertiary/aromatic N) is 1. The van der Waals surface area contributed by atoms with Gasteiger partial charge in [0.05, 0.1) is 5.52 Å². The van der Waals surface area contributed by atoms with E-state index in [9.17, 15) is 4.39 Å². The summed E-state index contributed by atoms with van der Waals surface area (Å²) in [7, 11) is 0. The van der Waals surface area contributed by atoms with Crippen LogP contribution in [0.5, 0.6) is 0 Å². The van der Waals surface area contributed by atoms with Crippen molar-refractivity contribution in [3.63, 3.8) is 0 Å². The standard InChI is InChI=1S/C15H18FN/c1-3-5-6-14-11(4-2)9-12-7-8-13(16)10-15(12)17-14/h7-10H,3-6H2,1-2H3. The number of aryl methyl sites for hydroxylation is 2. The molecule has 2 aromatic rings. The van der Waals surface area contributed by atoms with Gasteiger partial charge in [-0.15, -0.1) is 0 Å². The molecule has 0 radical (unpaired) electrons. The first-order chi connectivity index (χ1) is 8.24.